The third-order valence-electron chi connectivity index (χ3n) is 5.28. The van der Waals surface area contributed by atoms with Gasteiger partial charge >= 0.3 is 0 Å². The summed E-state index contributed by atoms with van der Waals surface area (Å²) >= 11 is 3.22. The number of hydrogen-bond acceptors (Lipinski definition) is 6. The lowest BCUT2D eigenvalue weighted by molar-refractivity contribution is -0.120. The zero-order valence-electron chi connectivity index (χ0n) is 17.0. The van der Waals surface area contributed by atoms with Crippen LogP contribution < -0.4 is 16.6 Å². The number of amides is 2. The molecular formula is C22H24N4O3S2. The number of aromatic amines is 1. The first-order chi connectivity index (χ1) is 15.0. The minimum absolute atomic E-state index is 0.0230. The summed E-state index contributed by atoms with van der Waals surface area (Å²) in [6.07, 6.45) is 4.17. The lowest BCUT2D eigenvalue weighted by Gasteiger charge is -2.06. The number of thioether (sulfide) groups is 1. The van der Waals surface area contributed by atoms with E-state index < -0.39 is 5.91 Å². The maximum atomic E-state index is 12.5. The van der Waals surface area contributed by atoms with E-state index in [1.165, 1.54) is 10.4 Å². The fourth-order valence-corrected chi connectivity index (χ4v) is 5.85. The van der Waals surface area contributed by atoms with Gasteiger partial charge < -0.3 is 16.0 Å². The van der Waals surface area contributed by atoms with E-state index in [0.29, 0.717) is 42.3 Å². The minimum Gasteiger partial charge on any atom is -0.366 e. The van der Waals surface area contributed by atoms with E-state index in [9.17, 15) is 14.4 Å². The molecule has 31 heavy (non-hydrogen) atoms. The Hall–Kier alpha value is -2.65. The molecule has 0 unspecified atom stereocenters. The highest BCUT2D eigenvalue weighted by Crippen LogP contribution is 2.34. The smallest absolute Gasteiger partial charge is 0.259 e. The van der Waals surface area contributed by atoms with Gasteiger partial charge in [0.1, 0.15) is 10.7 Å². The average Bonchev–Trinajstić information content (AvgIpc) is 3.32. The molecule has 2 amide bonds. The van der Waals surface area contributed by atoms with Gasteiger partial charge in [0.15, 0.2) is 0 Å². The van der Waals surface area contributed by atoms with E-state index in [2.05, 4.69) is 15.3 Å². The lowest BCUT2D eigenvalue weighted by atomic mass is 10.1. The summed E-state index contributed by atoms with van der Waals surface area (Å²) in [5, 5.41) is 3.66. The Bertz CT molecular complexity index is 1190. The van der Waals surface area contributed by atoms with Gasteiger partial charge in [0.05, 0.1) is 11.1 Å². The van der Waals surface area contributed by atoms with Crippen molar-refractivity contribution in [1.82, 2.24) is 15.3 Å². The third kappa shape index (κ3) is 5.16. The monoisotopic (exact) mass is 456 g/mol. The Morgan fingerprint density at radius 1 is 1.29 bits per heavy atom. The molecule has 0 bridgehead atoms. The Labute approximate surface area is 187 Å². The number of primary amides is 1. The summed E-state index contributed by atoms with van der Waals surface area (Å²) in [6.45, 7) is 0.500. The van der Waals surface area contributed by atoms with Crippen LogP contribution in [0.1, 0.15) is 45.0 Å². The van der Waals surface area contributed by atoms with Gasteiger partial charge in [-0.25, -0.2) is 4.98 Å². The van der Waals surface area contributed by atoms with E-state index in [1.807, 2.05) is 6.07 Å². The van der Waals surface area contributed by atoms with Crippen LogP contribution in [0.2, 0.25) is 0 Å². The van der Waals surface area contributed by atoms with Crippen molar-refractivity contribution in [2.75, 3.05) is 12.3 Å². The molecule has 4 N–H and O–H groups in total. The zero-order chi connectivity index (χ0) is 21.8. The fraction of sp³-hybridized carbons (Fsp3) is 0.364. The van der Waals surface area contributed by atoms with Crippen LogP contribution in [-0.4, -0.2) is 34.1 Å². The number of hydrogen-bond donors (Lipinski definition) is 3. The van der Waals surface area contributed by atoms with Crippen LogP contribution in [0.25, 0.3) is 10.2 Å². The van der Waals surface area contributed by atoms with E-state index >= 15 is 0 Å². The molecule has 1 aliphatic carbocycles. The Balaban J connectivity index is 1.20. The van der Waals surface area contributed by atoms with Crippen molar-refractivity contribution in [2.45, 2.75) is 37.9 Å². The van der Waals surface area contributed by atoms with Crippen molar-refractivity contribution in [2.24, 2.45) is 5.73 Å². The average molecular weight is 457 g/mol. The fourth-order valence-electron chi connectivity index (χ4n) is 3.76. The maximum Gasteiger partial charge on any atom is 0.259 e. The predicted octanol–water partition coefficient (Wildman–Crippen LogP) is 2.55. The van der Waals surface area contributed by atoms with Crippen molar-refractivity contribution < 1.29 is 9.59 Å². The number of fused-ring (bicyclic) bond motifs is 3. The standard InChI is InChI=1S/C22H24N4O3S2/c23-20(28)14-4-1-3-13(11-14)7-9-24-18(27)8-10-30-12-17-25-21(29)19-15-5-2-6-16(15)31-22(19)26-17/h1,3-4,11H,2,5-10,12H2,(H2,23,28)(H,24,27)(H,25,26,29). The first kappa shape index (κ1) is 21.6. The van der Waals surface area contributed by atoms with Crippen LogP contribution in [0.4, 0.5) is 0 Å². The highest BCUT2D eigenvalue weighted by Gasteiger charge is 2.21. The summed E-state index contributed by atoms with van der Waals surface area (Å²) in [5.74, 6) is 1.40. The summed E-state index contributed by atoms with van der Waals surface area (Å²) in [7, 11) is 0. The molecule has 1 aliphatic rings. The van der Waals surface area contributed by atoms with E-state index in [1.54, 1.807) is 41.3 Å². The molecule has 0 saturated heterocycles. The molecule has 3 aromatic rings. The van der Waals surface area contributed by atoms with Gasteiger partial charge in [0.25, 0.3) is 5.56 Å². The molecule has 0 spiro atoms. The summed E-state index contributed by atoms with van der Waals surface area (Å²) in [6, 6.07) is 7.11. The molecule has 4 rings (SSSR count). The Kier molecular flexibility index (Phi) is 6.72. The van der Waals surface area contributed by atoms with E-state index in [0.717, 1.165) is 35.0 Å². The Morgan fingerprint density at radius 2 is 2.16 bits per heavy atom. The highest BCUT2D eigenvalue weighted by molar-refractivity contribution is 7.98. The van der Waals surface area contributed by atoms with Crippen molar-refractivity contribution >= 4 is 45.1 Å². The van der Waals surface area contributed by atoms with Crippen molar-refractivity contribution in [3.05, 3.63) is 62.0 Å². The van der Waals surface area contributed by atoms with E-state index in [4.69, 9.17) is 5.73 Å². The first-order valence-corrected chi connectivity index (χ1v) is 12.2. The van der Waals surface area contributed by atoms with Gasteiger partial charge in [-0.05, 0) is 48.9 Å². The molecule has 0 atom stereocenters. The molecule has 7 nitrogen and oxygen atoms in total. The largest absolute Gasteiger partial charge is 0.366 e. The number of benzene rings is 1. The number of nitrogens with one attached hydrogen (secondary N) is 2. The molecule has 0 radical (unpaired) electrons. The summed E-state index contributed by atoms with van der Waals surface area (Å²) < 4.78 is 0. The molecule has 2 aromatic heterocycles. The summed E-state index contributed by atoms with van der Waals surface area (Å²) in [5.41, 5.74) is 7.85. The highest BCUT2D eigenvalue weighted by atomic mass is 32.2. The number of nitrogens with two attached hydrogens (primary N) is 1. The lowest BCUT2D eigenvalue weighted by Crippen LogP contribution is -2.26. The number of aromatic nitrogens is 2. The summed E-state index contributed by atoms with van der Waals surface area (Å²) in [4.78, 5) is 45.4. The second-order valence-corrected chi connectivity index (χ2v) is 9.71. The van der Waals surface area contributed by atoms with Crippen LogP contribution in [-0.2, 0) is 29.8 Å². The maximum absolute atomic E-state index is 12.5. The number of nitrogens with zero attached hydrogens (tertiary/aromatic N) is 1. The van der Waals surface area contributed by atoms with Crippen LogP contribution in [0.3, 0.4) is 0 Å². The van der Waals surface area contributed by atoms with Gasteiger partial charge in [-0.15, -0.1) is 11.3 Å². The molecule has 0 saturated carbocycles. The molecule has 1 aromatic carbocycles. The van der Waals surface area contributed by atoms with Crippen molar-refractivity contribution in [1.29, 1.82) is 0 Å². The number of aryl methyl sites for hydroxylation is 2. The van der Waals surface area contributed by atoms with Crippen LogP contribution in [0.5, 0.6) is 0 Å². The minimum atomic E-state index is -0.457. The number of H-pyrrole nitrogens is 1. The molecule has 0 fully saturated rings. The Morgan fingerprint density at radius 3 is 3.00 bits per heavy atom. The van der Waals surface area contributed by atoms with Gasteiger partial charge in [0.2, 0.25) is 11.8 Å². The van der Waals surface area contributed by atoms with Crippen molar-refractivity contribution in [3.63, 3.8) is 0 Å². The normalized spacial score (nSPS) is 12.8. The van der Waals surface area contributed by atoms with Gasteiger partial charge in [0, 0.05) is 29.2 Å². The quantitative estimate of drug-likeness (QED) is 0.428. The van der Waals surface area contributed by atoms with Gasteiger partial charge in [-0.2, -0.15) is 11.8 Å². The second kappa shape index (κ2) is 9.65. The number of rotatable bonds is 9. The number of carbonyl (C=O) groups excluding carboxylic acids is 2. The molecule has 2 heterocycles. The molecule has 0 aliphatic heterocycles. The first-order valence-electron chi connectivity index (χ1n) is 10.3. The van der Waals surface area contributed by atoms with E-state index in [-0.39, 0.29) is 11.5 Å². The van der Waals surface area contributed by atoms with Crippen LogP contribution in [0, 0.1) is 0 Å². The second-order valence-electron chi connectivity index (χ2n) is 7.52. The van der Waals surface area contributed by atoms with Gasteiger partial charge in [-0.1, -0.05) is 12.1 Å². The zero-order valence-corrected chi connectivity index (χ0v) is 18.7. The van der Waals surface area contributed by atoms with Gasteiger partial charge in [-0.3, -0.25) is 14.4 Å². The third-order valence-corrected chi connectivity index (χ3v) is 7.44. The SMILES string of the molecule is NC(=O)c1cccc(CCNC(=O)CCSCc2nc3sc4c(c3c(=O)[nH]2)CCC4)c1. The molecule has 9 heteroatoms. The molecular weight excluding hydrogens is 432 g/mol. The van der Waals surface area contributed by atoms with Crippen molar-refractivity contribution in [3.8, 4) is 0 Å². The topological polar surface area (TPSA) is 118 Å². The number of carbonyl (C=O) groups is 2. The number of thiophene rings is 1. The predicted molar refractivity (Wildman–Crippen MR) is 125 cm³/mol. The van der Waals surface area contributed by atoms with Crippen LogP contribution >= 0.6 is 23.1 Å². The van der Waals surface area contributed by atoms with Crippen LogP contribution in [0.15, 0.2) is 29.1 Å². The molecule has 162 valence electrons.